The fourth-order valence-corrected chi connectivity index (χ4v) is 3.58. The van der Waals surface area contributed by atoms with Crippen LogP contribution in [0.25, 0.3) is 11.4 Å². The number of benzene rings is 2. The second-order valence-corrected chi connectivity index (χ2v) is 7.70. The molecule has 8 nitrogen and oxygen atoms in total. The number of rotatable bonds is 5. The van der Waals surface area contributed by atoms with Crippen LogP contribution in [0.1, 0.15) is 22.8 Å². The maximum absolute atomic E-state index is 13.3. The maximum atomic E-state index is 13.3. The molecule has 0 aliphatic heterocycles. The van der Waals surface area contributed by atoms with Crippen LogP contribution in [0.2, 0.25) is 0 Å². The highest BCUT2D eigenvalue weighted by atomic mass is 32.2. The zero-order chi connectivity index (χ0) is 21.4. The zero-order valence-electron chi connectivity index (χ0n) is 14.7. The maximum Gasteiger partial charge on any atom is 0.416 e. The molecular formula is C17H13F3N4O4S. The zero-order valence-corrected chi connectivity index (χ0v) is 15.5. The number of carbonyl (C=O) groups is 1. The van der Waals surface area contributed by atoms with Gasteiger partial charge in [-0.2, -0.15) is 18.3 Å². The third-order valence-corrected chi connectivity index (χ3v) is 5.22. The summed E-state index contributed by atoms with van der Waals surface area (Å²) in [5, 5.41) is 5.58. The highest BCUT2D eigenvalue weighted by Crippen LogP contribution is 2.34. The van der Waals surface area contributed by atoms with Crippen LogP contribution in [0.4, 0.5) is 18.9 Å². The number of H-pyrrole nitrogens is 2. The Labute approximate surface area is 161 Å². The first kappa shape index (κ1) is 20.3. The van der Waals surface area contributed by atoms with Gasteiger partial charge in [0.05, 0.1) is 16.1 Å². The van der Waals surface area contributed by atoms with Crippen molar-refractivity contribution in [2.75, 3.05) is 4.72 Å². The summed E-state index contributed by atoms with van der Waals surface area (Å²) in [5.74, 6) is -0.564. The van der Waals surface area contributed by atoms with Gasteiger partial charge in [0.15, 0.2) is 11.6 Å². The van der Waals surface area contributed by atoms with Crippen LogP contribution in [-0.2, 0) is 16.2 Å². The smallest absolute Gasteiger partial charge is 0.295 e. The number of aromatic nitrogens is 3. The Bertz CT molecular complexity index is 1250. The van der Waals surface area contributed by atoms with E-state index < -0.39 is 33.1 Å². The molecule has 0 saturated heterocycles. The number of hydrogen-bond acceptors (Lipinski definition) is 5. The molecule has 29 heavy (non-hydrogen) atoms. The molecule has 0 atom stereocenters. The first-order valence-corrected chi connectivity index (χ1v) is 9.45. The first-order valence-electron chi connectivity index (χ1n) is 7.97. The average Bonchev–Trinajstić information content (AvgIpc) is 3.07. The summed E-state index contributed by atoms with van der Waals surface area (Å²) in [4.78, 5) is 24.6. The summed E-state index contributed by atoms with van der Waals surface area (Å²) in [5.41, 5.74) is -2.30. The van der Waals surface area contributed by atoms with E-state index >= 15 is 0 Å². The molecule has 0 amide bonds. The molecule has 0 aliphatic carbocycles. The molecule has 3 aromatic rings. The number of alkyl halides is 3. The number of nitrogens with zero attached hydrogens (tertiary/aromatic N) is 1. The van der Waals surface area contributed by atoms with E-state index in [1.54, 1.807) is 0 Å². The second-order valence-electron chi connectivity index (χ2n) is 6.01. The van der Waals surface area contributed by atoms with Gasteiger partial charge in [0.1, 0.15) is 0 Å². The van der Waals surface area contributed by atoms with E-state index in [-0.39, 0.29) is 27.6 Å². The molecule has 3 N–H and O–H groups in total. The number of anilines is 1. The SMILES string of the molecule is CC(=O)c1cccc(S(=O)(=O)Nc2cc(-c3n[nH]c(=O)[nH]3)cc(C(F)(F)F)c2)c1. The number of carbonyl (C=O) groups excluding carboxylic acids is 1. The summed E-state index contributed by atoms with van der Waals surface area (Å²) in [6, 6.07) is 7.50. The lowest BCUT2D eigenvalue weighted by Crippen LogP contribution is -2.15. The van der Waals surface area contributed by atoms with Crippen LogP contribution in [0.5, 0.6) is 0 Å². The van der Waals surface area contributed by atoms with E-state index in [0.29, 0.717) is 6.07 Å². The standard InChI is InChI=1S/C17H13F3N4O4S/c1-9(25)10-3-2-4-14(7-10)29(27,28)24-13-6-11(15-21-16(26)23-22-15)5-12(8-13)17(18,19)20/h2-8,24H,1H3,(H2,21,22,23,26). The van der Waals surface area contributed by atoms with Crippen molar-refractivity contribution < 1.29 is 26.4 Å². The monoisotopic (exact) mass is 426 g/mol. The molecule has 0 saturated carbocycles. The molecule has 0 unspecified atom stereocenters. The molecule has 1 aromatic heterocycles. The van der Waals surface area contributed by atoms with E-state index in [1.807, 2.05) is 5.10 Å². The predicted molar refractivity (Wildman–Crippen MR) is 96.9 cm³/mol. The lowest BCUT2D eigenvalue weighted by Gasteiger charge is -2.13. The molecule has 0 bridgehead atoms. The van der Waals surface area contributed by atoms with Crippen molar-refractivity contribution in [3.05, 3.63) is 64.1 Å². The van der Waals surface area contributed by atoms with E-state index in [9.17, 15) is 31.2 Å². The Hall–Kier alpha value is -3.41. The Balaban J connectivity index is 2.07. The molecule has 152 valence electrons. The van der Waals surface area contributed by atoms with Crippen molar-refractivity contribution in [1.29, 1.82) is 0 Å². The molecule has 0 radical (unpaired) electrons. The van der Waals surface area contributed by atoms with Gasteiger partial charge in [0, 0.05) is 11.1 Å². The van der Waals surface area contributed by atoms with Gasteiger partial charge in [0.25, 0.3) is 10.0 Å². The van der Waals surface area contributed by atoms with Crippen LogP contribution in [0, 0.1) is 0 Å². The van der Waals surface area contributed by atoms with Crippen LogP contribution in [-0.4, -0.2) is 29.4 Å². The molecule has 0 fully saturated rings. The Morgan fingerprint density at radius 2 is 1.86 bits per heavy atom. The van der Waals surface area contributed by atoms with Gasteiger partial charge >= 0.3 is 11.9 Å². The van der Waals surface area contributed by atoms with Crippen molar-refractivity contribution in [1.82, 2.24) is 15.2 Å². The number of hydrogen-bond donors (Lipinski definition) is 3. The van der Waals surface area contributed by atoms with E-state index in [2.05, 4.69) is 14.8 Å². The van der Waals surface area contributed by atoms with Crippen LogP contribution >= 0.6 is 0 Å². The van der Waals surface area contributed by atoms with Gasteiger partial charge < -0.3 is 0 Å². The normalized spacial score (nSPS) is 12.0. The van der Waals surface area contributed by atoms with Gasteiger partial charge in [0.2, 0.25) is 0 Å². The molecule has 1 heterocycles. The fourth-order valence-electron chi connectivity index (χ4n) is 2.49. The molecule has 3 rings (SSSR count). The van der Waals surface area contributed by atoms with Crippen molar-refractivity contribution in [2.45, 2.75) is 18.0 Å². The predicted octanol–water partition coefficient (Wildman–Crippen LogP) is 2.79. The number of Topliss-reactive ketones (excluding diaryl/α,β-unsaturated/α-hetero) is 1. The summed E-state index contributed by atoms with van der Waals surface area (Å²) in [7, 11) is -4.30. The number of sulfonamides is 1. The van der Waals surface area contributed by atoms with Crippen molar-refractivity contribution in [3.63, 3.8) is 0 Å². The van der Waals surface area contributed by atoms with Crippen molar-refractivity contribution in [3.8, 4) is 11.4 Å². The Kier molecular flexibility index (Phi) is 5.05. The Morgan fingerprint density at radius 1 is 1.14 bits per heavy atom. The minimum atomic E-state index is -4.78. The molecule has 2 aromatic carbocycles. The highest BCUT2D eigenvalue weighted by molar-refractivity contribution is 7.92. The molecular weight excluding hydrogens is 413 g/mol. The van der Waals surface area contributed by atoms with Gasteiger partial charge in [-0.05, 0) is 37.3 Å². The minimum Gasteiger partial charge on any atom is -0.295 e. The summed E-state index contributed by atoms with van der Waals surface area (Å²) in [6.45, 7) is 1.25. The highest BCUT2D eigenvalue weighted by Gasteiger charge is 2.32. The summed E-state index contributed by atoms with van der Waals surface area (Å²) >= 11 is 0. The average molecular weight is 426 g/mol. The van der Waals surface area contributed by atoms with Gasteiger partial charge in [-0.25, -0.2) is 18.3 Å². The van der Waals surface area contributed by atoms with Gasteiger partial charge in [-0.3, -0.25) is 14.5 Å². The third-order valence-electron chi connectivity index (χ3n) is 3.84. The minimum absolute atomic E-state index is 0.131. The van der Waals surface area contributed by atoms with Crippen LogP contribution in [0.3, 0.4) is 0 Å². The fraction of sp³-hybridized carbons (Fsp3) is 0.118. The second kappa shape index (κ2) is 7.20. The molecule has 0 spiro atoms. The summed E-state index contributed by atoms with van der Waals surface area (Å²) < 4.78 is 67.0. The Morgan fingerprint density at radius 3 is 2.45 bits per heavy atom. The first-order chi connectivity index (χ1) is 13.5. The van der Waals surface area contributed by atoms with Gasteiger partial charge in [-0.15, -0.1) is 0 Å². The molecule has 0 aliphatic rings. The largest absolute Gasteiger partial charge is 0.416 e. The molecule has 12 heteroatoms. The van der Waals surface area contributed by atoms with Crippen LogP contribution < -0.4 is 10.4 Å². The number of aromatic amines is 2. The topological polar surface area (TPSA) is 125 Å². The van der Waals surface area contributed by atoms with E-state index in [1.165, 1.54) is 25.1 Å². The van der Waals surface area contributed by atoms with Gasteiger partial charge in [-0.1, -0.05) is 12.1 Å². The summed E-state index contributed by atoms with van der Waals surface area (Å²) in [6.07, 6.45) is -4.78. The van der Waals surface area contributed by atoms with Crippen molar-refractivity contribution >= 4 is 21.5 Å². The quantitative estimate of drug-likeness (QED) is 0.541. The van der Waals surface area contributed by atoms with E-state index in [4.69, 9.17) is 0 Å². The van der Waals surface area contributed by atoms with Crippen LogP contribution in [0.15, 0.2) is 52.2 Å². The number of halogens is 3. The van der Waals surface area contributed by atoms with Crippen molar-refractivity contribution in [2.24, 2.45) is 0 Å². The lowest BCUT2D eigenvalue weighted by atomic mass is 10.1. The number of nitrogens with one attached hydrogen (secondary N) is 3. The van der Waals surface area contributed by atoms with E-state index in [0.717, 1.165) is 18.2 Å². The third kappa shape index (κ3) is 4.54. The lowest BCUT2D eigenvalue weighted by molar-refractivity contribution is -0.137. The number of ketones is 1.